The monoisotopic (exact) mass is 457 g/mol. The fraction of sp³-hybridized carbons (Fsp3) is 0.933. The van der Waals surface area contributed by atoms with E-state index in [9.17, 15) is 10.2 Å². The molecule has 5 saturated carbocycles. The molecule has 4 N–H and O–H groups in total. The molecule has 0 amide bonds. The second-order valence-electron chi connectivity index (χ2n) is 14.6. The van der Waals surface area contributed by atoms with Gasteiger partial charge in [0.1, 0.15) is 0 Å². The minimum Gasteiger partial charge on any atom is -0.396 e. The van der Waals surface area contributed by atoms with Crippen LogP contribution in [0.5, 0.6) is 0 Å². The Balaban J connectivity index is 1.54. The lowest BCUT2D eigenvalue weighted by Gasteiger charge is -2.73. The number of hydrogen-bond acceptors (Lipinski definition) is 3. The summed E-state index contributed by atoms with van der Waals surface area (Å²) in [5, 5.41) is 21.6. The van der Waals surface area contributed by atoms with E-state index in [0.29, 0.717) is 53.1 Å². The van der Waals surface area contributed by atoms with Gasteiger partial charge in [0.25, 0.3) is 0 Å². The van der Waals surface area contributed by atoms with E-state index in [-0.39, 0.29) is 16.9 Å². The minimum absolute atomic E-state index is 0.0140. The number of fused-ring (bicyclic) bond motifs is 7. The van der Waals surface area contributed by atoms with Crippen LogP contribution in [0.1, 0.15) is 98.8 Å². The second-order valence-corrected chi connectivity index (χ2v) is 14.6. The quantitative estimate of drug-likeness (QED) is 0.460. The largest absolute Gasteiger partial charge is 0.396 e. The molecule has 0 heterocycles. The maximum Gasteiger partial charge on any atom is 0.0594 e. The molecule has 0 aromatic heterocycles. The first kappa shape index (κ1) is 24.3. The van der Waals surface area contributed by atoms with Gasteiger partial charge in [0, 0.05) is 13.2 Å². The Bertz CT molecular complexity index is 807. The summed E-state index contributed by atoms with van der Waals surface area (Å²) >= 11 is 0. The Morgan fingerprint density at radius 1 is 0.848 bits per heavy atom. The van der Waals surface area contributed by atoms with Crippen LogP contribution in [0.4, 0.5) is 0 Å². The van der Waals surface area contributed by atoms with Gasteiger partial charge in [-0.05, 0) is 121 Å². The van der Waals surface area contributed by atoms with Crippen molar-refractivity contribution in [2.24, 2.45) is 62.4 Å². The molecule has 0 spiro atoms. The molecule has 0 bridgehead atoms. The summed E-state index contributed by atoms with van der Waals surface area (Å²) in [6.07, 6.45) is 11.9. The van der Waals surface area contributed by atoms with Crippen LogP contribution in [0.2, 0.25) is 0 Å². The van der Waals surface area contributed by atoms with Crippen LogP contribution in [0.15, 0.2) is 12.2 Å². The van der Waals surface area contributed by atoms with Crippen molar-refractivity contribution in [3.8, 4) is 0 Å². The van der Waals surface area contributed by atoms with Gasteiger partial charge < -0.3 is 15.9 Å². The normalized spacial score (nSPS) is 55.2. The molecule has 5 aliphatic carbocycles. The van der Waals surface area contributed by atoms with Gasteiger partial charge in [0.2, 0.25) is 0 Å². The van der Waals surface area contributed by atoms with Gasteiger partial charge >= 0.3 is 0 Å². The van der Waals surface area contributed by atoms with E-state index in [4.69, 9.17) is 5.73 Å². The number of aliphatic hydroxyl groups is 2. The molecule has 0 radical (unpaired) electrons. The lowest BCUT2D eigenvalue weighted by Crippen LogP contribution is -2.66. The number of aliphatic hydroxyl groups excluding tert-OH is 2. The highest BCUT2D eigenvalue weighted by atomic mass is 16.3. The predicted molar refractivity (Wildman–Crippen MR) is 135 cm³/mol. The van der Waals surface area contributed by atoms with E-state index >= 15 is 0 Å². The van der Waals surface area contributed by atoms with Crippen LogP contribution in [-0.4, -0.2) is 29.5 Å². The number of rotatable bonds is 3. The zero-order valence-corrected chi connectivity index (χ0v) is 22.1. The maximum absolute atomic E-state index is 10.9. The van der Waals surface area contributed by atoms with E-state index in [1.54, 1.807) is 0 Å². The van der Waals surface area contributed by atoms with Gasteiger partial charge in [-0.1, -0.05) is 46.8 Å². The molecule has 3 nitrogen and oxygen atoms in total. The van der Waals surface area contributed by atoms with Gasteiger partial charge in [-0.3, -0.25) is 0 Å². The summed E-state index contributed by atoms with van der Waals surface area (Å²) in [6.45, 7) is 18.0. The smallest absolute Gasteiger partial charge is 0.0594 e. The average molecular weight is 458 g/mol. The van der Waals surface area contributed by atoms with Crippen LogP contribution < -0.4 is 5.73 Å². The Labute approximate surface area is 203 Å². The predicted octanol–water partition coefficient (Wildman–Crippen LogP) is 5.94. The Kier molecular flexibility index (Phi) is 5.57. The van der Waals surface area contributed by atoms with Crippen molar-refractivity contribution < 1.29 is 10.2 Å². The molecule has 2 unspecified atom stereocenters. The highest BCUT2D eigenvalue weighted by Gasteiger charge is 2.70. The minimum atomic E-state index is -0.159. The molecule has 10 atom stereocenters. The Hall–Kier alpha value is -0.380. The molecule has 0 aromatic carbocycles. The first-order valence-corrected chi connectivity index (χ1v) is 14.1. The van der Waals surface area contributed by atoms with E-state index in [0.717, 1.165) is 18.8 Å². The third-order valence-corrected chi connectivity index (χ3v) is 13.7. The van der Waals surface area contributed by atoms with Crippen molar-refractivity contribution in [2.75, 3.05) is 13.2 Å². The van der Waals surface area contributed by atoms with E-state index in [2.05, 4.69) is 41.2 Å². The summed E-state index contributed by atoms with van der Waals surface area (Å²) < 4.78 is 0. The van der Waals surface area contributed by atoms with E-state index < -0.39 is 0 Å². The number of hydrogen-bond donors (Lipinski definition) is 3. The number of nitrogens with two attached hydrogens (primary N) is 1. The van der Waals surface area contributed by atoms with Gasteiger partial charge in [-0.15, -0.1) is 0 Å². The molecule has 3 heteroatoms. The zero-order valence-electron chi connectivity index (χ0n) is 22.1. The zero-order chi connectivity index (χ0) is 24.0. The average Bonchev–Trinajstić information content (AvgIpc) is 3.17. The molecule has 0 aliphatic heterocycles. The first-order valence-electron chi connectivity index (χ1n) is 14.1. The van der Waals surface area contributed by atoms with Gasteiger partial charge in [0.15, 0.2) is 0 Å². The van der Waals surface area contributed by atoms with Crippen molar-refractivity contribution in [1.82, 2.24) is 0 Å². The summed E-state index contributed by atoms with van der Waals surface area (Å²) in [5.74, 6) is 3.05. The lowest BCUT2D eigenvalue weighted by molar-refractivity contribution is -0.249. The summed E-state index contributed by atoms with van der Waals surface area (Å²) in [4.78, 5) is 0. The molecule has 5 fully saturated rings. The van der Waals surface area contributed by atoms with Crippen molar-refractivity contribution in [2.45, 2.75) is 105 Å². The van der Waals surface area contributed by atoms with Gasteiger partial charge in [-0.25, -0.2) is 0 Å². The molecule has 188 valence electrons. The second kappa shape index (κ2) is 7.56. The third-order valence-electron chi connectivity index (χ3n) is 13.7. The molecule has 0 aromatic rings. The molecule has 0 saturated heterocycles. The van der Waals surface area contributed by atoms with Crippen LogP contribution in [0.25, 0.3) is 0 Å². The topological polar surface area (TPSA) is 66.5 Å². The molecule has 5 rings (SSSR count). The molecular formula is C30H51NO2. The summed E-state index contributed by atoms with van der Waals surface area (Å²) in [5.41, 5.74) is 8.44. The highest BCUT2D eigenvalue weighted by molar-refractivity contribution is 5.22. The van der Waals surface area contributed by atoms with Crippen LogP contribution >= 0.6 is 0 Å². The van der Waals surface area contributed by atoms with Crippen molar-refractivity contribution in [1.29, 1.82) is 0 Å². The summed E-state index contributed by atoms with van der Waals surface area (Å²) in [7, 11) is 0. The van der Waals surface area contributed by atoms with Crippen LogP contribution in [-0.2, 0) is 0 Å². The van der Waals surface area contributed by atoms with E-state index in [1.807, 2.05) is 0 Å². The van der Waals surface area contributed by atoms with Crippen LogP contribution in [0.3, 0.4) is 0 Å². The molecule has 5 aliphatic rings. The standard InChI is InChI=1S/C30H51NO2/c1-19(17-31)20-9-14-30(18-32)16-15-28(5)21(25(20)30)7-8-23-27(4)12-11-24(33)26(2,3)22(27)10-13-29(23,28)6/h20-25,32-33H,1,7-18,31H2,2-6H3/t20-,21?,22-,23?,24-,25+,27-,28+,29+,30+/m0/s1. The SMILES string of the molecule is C=C(CN)[C@@H]1CC[C@]2(CO)CC[C@]3(C)C(CCC4[C@@]5(C)CC[C@H](O)C(C)(C)[C@@H]5CC[C@]43C)[C@@H]12. The Morgan fingerprint density at radius 3 is 2.24 bits per heavy atom. The molecular weight excluding hydrogens is 406 g/mol. The van der Waals surface area contributed by atoms with Crippen molar-refractivity contribution in [3.63, 3.8) is 0 Å². The maximum atomic E-state index is 10.9. The molecule has 33 heavy (non-hydrogen) atoms. The lowest BCUT2D eigenvalue weighted by atomic mass is 9.32. The first-order chi connectivity index (χ1) is 15.4. The van der Waals surface area contributed by atoms with Gasteiger partial charge in [0.05, 0.1) is 6.10 Å². The third kappa shape index (κ3) is 2.91. The Morgan fingerprint density at radius 2 is 1.58 bits per heavy atom. The highest BCUT2D eigenvalue weighted by Crippen LogP contribution is 2.77. The van der Waals surface area contributed by atoms with Crippen LogP contribution in [0, 0.1) is 56.7 Å². The van der Waals surface area contributed by atoms with Crippen molar-refractivity contribution >= 4 is 0 Å². The fourth-order valence-electron chi connectivity index (χ4n) is 11.6. The van der Waals surface area contributed by atoms with Crippen molar-refractivity contribution in [3.05, 3.63) is 12.2 Å². The van der Waals surface area contributed by atoms with Gasteiger partial charge in [-0.2, -0.15) is 0 Å². The summed E-state index contributed by atoms with van der Waals surface area (Å²) in [6, 6.07) is 0. The fourth-order valence-corrected chi connectivity index (χ4v) is 11.6. The van der Waals surface area contributed by atoms with E-state index in [1.165, 1.54) is 56.9 Å².